The van der Waals surface area contributed by atoms with E-state index in [4.69, 9.17) is 9.47 Å². The molecule has 0 aliphatic rings. The van der Waals surface area contributed by atoms with Crippen molar-refractivity contribution < 1.29 is 13.9 Å². The molecular weight excluding hydrogens is 473 g/mol. The molecule has 0 fully saturated rings. The lowest BCUT2D eigenvalue weighted by molar-refractivity contribution is 0.264. The second-order valence-electron chi connectivity index (χ2n) is 6.55. The molecule has 1 N–H and O–H groups in total. The van der Waals surface area contributed by atoms with Gasteiger partial charge in [-0.2, -0.15) is 0 Å². The molecule has 8 heteroatoms. The molecule has 0 spiro atoms. The van der Waals surface area contributed by atoms with Gasteiger partial charge < -0.3 is 19.4 Å². The van der Waals surface area contributed by atoms with Crippen LogP contribution in [0.5, 0.6) is 11.5 Å². The molecule has 1 aromatic heterocycles. The van der Waals surface area contributed by atoms with E-state index in [2.05, 4.69) is 30.8 Å². The molecule has 0 bridgehead atoms. The Morgan fingerprint density at radius 3 is 2.77 bits per heavy atom. The van der Waals surface area contributed by atoms with Crippen molar-refractivity contribution in [2.45, 2.75) is 33.0 Å². The lowest BCUT2D eigenvalue weighted by Crippen LogP contribution is -2.16. The molecule has 0 saturated carbocycles. The van der Waals surface area contributed by atoms with Crippen molar-refractivity contribution in [3.63, 3.8) is 0 Å². The molecule has 3 aromatic rings. The number of benzene rings is 2. The maximum atomic E-state index is 13.9. The Morgan fingerprint density at radius 2 is 2.03 bits per heavy atom. The Morgan fingerprint density at radius 1 is 1.20 bits per heavy atom. The highest BCUT2D eigenvalue weighted by atomic mass is 79.9. The lowest BCUT2D eigenvalue weighted by Gasteiger charge is -2.16. The molecular formula is C22H26BrClFN3O2. The minimum absolute atomic E-state index is 0. The molecule has 0 atom stereocenters. The molecule has 0 aliphatic carbocycles. The van der Waals surface area contributed by atoms with E-state index in [9.17, 15) is 4.39 Å². The Bertz CT molecular complexity index is 909. The molecule has 30 heavy (non-hydrogen) atoms. The van der Waals surface area contributed by atoms with E-state index in [1.807, 2.05) is 31.6 Å². The summed E-state index contributed by atoms with van der Waals surface area (Å²) in [6.45, 7) is 5.13. The van der Waals surface area contributed by atoms with Crippen LogP contribution in [0.2, 0.25) is 0 Å². The van der Waals surface area contributed by atoms with Crippen LogP contribution in [0.15, 0.2) is 59.6 Å². The minimum atomic E-state index is -0.280. The summed E-state index contributed by atoms with van der Waals surface area (Å²) in [4.78, 5) is 4.04. The molecule has 0 radical (unpaired) electrons. The number of aryl methyl sites for hydroxylation is 1. The van der Waals surface area contributed by atoms with Gasteiger partial charge in [0.05, 0.1) is 17.4 Å². The number of nitrogens with zero attached hydrogens (tertiary/aromatic N) is 2. The molecule has 1 heterocycles. The van der Waals surface area contributed by atoms with Gasteiger partial charge >= 0.3 is 0 Å². The maximum absolute atomic E-state index is 13.9. The van der Waals surface area contributed by atoms with Crippen LogP contribution >= 0.6 is 28.3 Å². The normalized spacial score (nSPS) is 10.5. The van der Waals surface area contributed by atoms with Crippen LogP contribution in [0.4, 0.5) is 4.39 Å². The summed E-state index contributed by atoms with van der Waals surface area (Å²) in [6, 6.07) is 10.6. The van der Waals surface area contributed by atoms with E-state index in [-0.39, 0.29) is 24.8 Å². The molecule has 5 nitrogen and oxygen atoms in total. The number of aromatic nitrogens is 2. The van der Waals surface area contributed by atoms with Crippen molar-refractivity contribution in [2.75, 3.05) is 13.2 Å². The Hall–Kier alpha value is -2.09. The highest BCUT2D eigenvalue weighted by molar-refractivity contribution is 9.10. The molecule has 2 aromatic carbocycles. The number of rotatable bonds is 11. The lowest BCUT2D eigenvalue weighted by atomic mass is 10.2. The minimum Gasteiger partial charge on any atom is -0.490 e. The SMILES string of the molecule is CCOc1cc(CNCCCn2ccnc2)cc(Br)c1OCc1ccccc1F.Cl. The Labute approximate surface area is 191 Å². The standard InChI is InChI=1S/C22H25BrFN3O2.ClH/c1-2-28-21-13-17(14-25-8-5-10-27-11-9-26-16-27)12-19(23)22(21)29-15-18-6-3-4-7-20(18)24;/h3-4,6-7,9,11-13,16,25H,2,5,8,10,14-15H2,1H3;1H. The molecule has 0 aliphatic heterocycles. The number of ether oxygens (including phenoxy) is 2. The third kappa shape index (κ3) is 7.00. The average Bonchev–Trinajstić information content (AvgIpc) is 3.22. The van der Waals surface area contributed by atoms with Gasteiger partial charge in [-0.1, -0.05) is 18.2 Å². The Balaban J connectivity index is 0.00000320. The number of nitrogens with one attached hydrogen (secondary N) is 1. The largest absolute Gasteiger partial charge is 0.490 e. The van der Waals surface area contributed by atoms with E-state index in [0.717, 1.165) is 36.1 Å². The van der Waals surface area contributed by atoms with Crippen molar-refractivity contribution in [1.82, 2.24) is 14.9 Å². The van der Waals surface area contributed by atoms with Crippen molar-refractivity contribution in [2.24, 2.45) is 0 Å². The maximum Gasteiger partial charge on any atom is 0.175 e. The van der Waals surface area contributed by atoms with Crippen LogP contribution in [0.3, 0.4) is 0 Å². The average molecular weight is 499 g/mol. The molecule has 0 saturated heterocycles. The monoisotopic (exact) mass is 497 g/mol. The molecule has 162 valence electrons. The molecule has 0 amide bonds. The first-order chi connectivity index (χ1) is 14.2. The highest BCUT2D eigenvalue weighted by Gasteiger charge is 2.13. The van der Waals surface area contributed by atoms with Crippen LogP contribution in [0, 0.1) is 5.82 Å². The van der Waals surface area contributed by atoms with Gasteiger partial charge in [0.25, 0.3) is 0 Å². The first-order valence-electron chi connectivity index (χ1n) is 9.65. The van der Waals surface area contributed by atoms with Gasteiger partial charge in [-0.3, -0.25) is 0 Å². The van der Waals surface area contributed by atoms with Crippen molar-refractivity contribution in [3.8, 4) is 11.5 Å². The highest BCUT2D eigenvalue weighted by Crippen LogP contribution is 2.37. The topological polar surface area (TPSA) is 48.3 Å². The quantitative estimate of drug-likeness (QED) is 0.361. The smallest absolute Gasteiger partial charge is 0.175 e. The Kier molecular flexibility index (Phi) is 10.1. The van der Waals surface area contributed by atoms with Crippen LogP contribution in [-0.2, 0) is 19.7 Å². The summed E-state index contributed by atoms with van der Waals surface area (Å²) in [7, 11) is 0. The zero-order valence-corrected chi connectivity index (χ0v) is 19.2. The van der Waals surface area contributed by atoms with Gasteiger partial charge in [-0.25, -0.2) is 9.37 Å². The van der Waals surface area contributed by atoms with Gasteiger partial charge in [0.15, 0.2) is 11.5 Å². The predicted octanol–water partition coefficient (Wildman–Crippen LogP) is 5.36. The molecule has 3 rings (SSSR count). The zero-order chi connectivity index (χ0) is 20.5. The number of hydrogen-bond acceptors (Lipinski definition) is 4. The summed E-state index contributed by atoms with van der Waals surface area (Å²) in [5, 5.41) is 3.44. The van der Waals surface area contributed by atoms with E-state index in [0.29, 0.717) is 23.7 Å². The van der Waals surface area contributed by atoms with Crippen LogP contribution in [0.1, 0.15) is 24.5 Å². The van der Waals surface area contributed by atoms with E-state index >= 15 is 0 Å². The van der Waals surface area contributed by atoms with Gasteiger partial charge in [0.1, 0.15) is 12.4 Å². The van der Waals surface area contributed by atoms with Crippen molar-refractivity contribution >= 4 is 28.3 Å². The van der Waals surface area contributed by atoms with Crippen LogP contribution < -0.4 is 14.8 Å². The fraction of sp³-hybridized carbons (Fsp3) is 0.318. The first-order valence-corrected chi connectivity index (χ1v) is 10.4. The zero-order valence-electron chi connectivity index (χ0n) is 16.8. The van der Waals surface area contributed by atoms with Gasteiger partial charge in [0, 0.05) is 31.0 Å². The van der Waals surface area contributed by atoms with Crippen LogP contribution in [-0.4, -0.2) is 22.7 Å². The number of hydrogen-bond donors (Lipinski definition) is 1. The number of halogens is 3. The summed E-state index contributed by atoms with van der Waals surface area (Å²) in [6.07, 6.45) is 6.59. The van der Waals surface area contributed by atoms with Crippen molar-refractivity contribution in [1.29, 1.82) is 0 Å². The second kappa shape index (κ2) is 12.6. The van der Waals surface area contributed by atoms with Crippen LogP contribution in [0.25, 0.3) is 0 Å². The summed E-state index contributed by atoms with van der Waals surface area (Å²) >= 11 is 3.57. The summed E-state index contributed by atoms with van der Waals surface area (Å²) < 4.78 is 28.4. The molecule has 0 unspecified atom stereocenters. The fourth-order valence-electron chi connectivity index (χ4n) is 2.93. The first kappa shape index (κ1) is 24.2. The third-order valence-electron chi connectivity index (χ3n) is 4.36. The summed E-state index contributed by atoms with van der Waals surface area (Å²) in [5.41, 5.74) is 1.59. The van der Waals surface area contributed by atoms with Gasteiger partial charge in [-0.05, 0) is 59.6 Å². The van der Waals surface area contributed by atoms with Gasteiger partial charge in [0.2, 0.25) is 0 Å². The van der Waals surface area contributed by atoms with Crippen molar-refractivity contribution in [3.05, 3.63) is 76.5 Å². The van der Waals surface area contributed by atoms with E-state index < -0.39 is 0 Å². The van der Waals surface area contributed by atoms with E-state index in [1.54, 1.807) is 24.4 Å². The van der Waals surface area contributed by atoms with E-state index in [1.165, 1.54) is 6.07 Å². The second-order valence-corrected chi connectivity index (χ2v) is 7.40. The number of imidazole rings is 1. The fourth-order valence-corrected chi connectivity index (χ4v) is 3.53. The third-order valence-corrected chi connectivity index (χ3v) is 4.95. The predicted molar refractivity (Wildman–Crippen MR) is 122 cm³/mol. The van der Waals surface area contributed by atoms with Gasteiger partial charge in [-0.15, -0.1) is 12.4 Å². The summed E-state index contributed by atoms with van der Waals surface area (Å²) in [5.74, 6) is 0.950.